The van der Waals surface area contributed by atoms with Crippen molar-refractivity contribution in [2.24, 2.45) is 0 Å². The van der Waals surface area contributed by atoms with Gasteiger partial charge in [0.1, 0.15) is 0 Å². The monoisotopic (exact) mass is 1250 g/mol. The Morgan fingerprint density at radius 3 is 0.469 bits per heavy atom. The average Bonchev–Trinajstić information content (AvgIpc) is 0.770. The molecule has 0 saturated carbocycles. The zero-order valence-corrected chi connectivity index (χ0v) is 56.7. The summed E-state index contributed by atoms with van der Waals surface area (Å²) in [6.07, 6.45) is 71.2. The molecule has 0 aromatic heterocycles. The van der Waals surface area contributed by atoms with Crippen LogP contribution in [0, 0.1) is 0 Å². The maximum Gasteiger partial charge on any atom is -0.00327 e. The normalized spacial score (nSPS) is 19.0. The van der Waals surface area contributed by atoms with E-state index >= 15 is 0 Å². The van der Waals surface area contributed by atoms with Gasteiger partial charge in [0.2, 0.25) is 0 Å². The molecule has 0 fully saturated rings. The Balaban J connectivity index is 0.947. The molecule has 10 bridgehead atoms. The molecule has 0 heteroatoms. The Kier molecular flexibility index (Phi) is 23.0. The van der Waals surface area contributed by atoms with Gasteiger partial charge in [-0.15, -0.1) is 0 Å². The van der Waals surface area contributed by atoms with Crippen molar-refractivity contribution in [2.45, 2.75) is 154 Å². The van der Waals surface area contributed by atoms with E-state index < -0.39 is 0 Å². The number of hydrogen-bond acceptors (Lipinski definition) is 0. The van der Waals surface area contributed by atoms with Crippen LogP contribution in [-0.2, 0) is 0 Å². The van der Waals surface area contributed by atoms with Gasteiger partial charge in [0.25, 0.3) is 0 Å². The molecule has 480 valence electrons. The molecule has 0 heterocycles. The topological polar surface area (TPSA) is 0 Å². The van der Waals surface area contributed by atoms with Gasteiger partial charge in [0, 0.05) is 0 Å². The van der Waals surface area contributed by atoms with Crippen LogP contribution < -0.4 is 0 Å². The average molecular weight is 1250 g/mol. The summed E-state index contributed by atoms with van der Waals surface area (Å²) in [6.45, 7) is 0. The summed E-state index contributed by atoms with van der Waals surface area (Å²) in [5.74, 6) is 0. The Labute approximate surface area is 574 Å². The minimum atomic E-state index is 1.06. The van der Waals surface area contributed by atoms with Crippen molar-refractivity contribution in [1.82, 2.24) is 0 Å². The number of benzene rings is 10. The third-order valence-corrected chi connectivity index (χ3v) is 20.1. The first-order valence-electron chi connectivity index (χ1n) is 36.8. The summed E-state index contributed by atoms with van der Waals surface area (Å²) in [6, 6.07) is 70.3. The zero-order chi connectivity index (χ0) is 64.8. The fourth-order valence-corrected chi connectivity index (χ4v) is 15.0. The molecule has 10 aromatic rings. The predicted octanol–water partition coefficient (Wildman–Crippen LogP) is 29.3. The van der Waals surface area contributed by atoms with Crippen molar-refractivity contribution in [3.8, 4) is 66.8 Å². The van der Waals surface area contributed by atoms with Crippen molar-refractivity contribution < 1.29 is 0 Å². The molecule has 0 radical (unpaired) electrons. The van der Waals surface area contributed by atoms with E-state index in [9.17, 15) is 0 Å². The van der Waals surface area contributed by atoms with Crippen molar-refractivity contribution in [3.05, 3.63) is 288 Å². The van der Waals surface area contributed by atoms with E-state index in [2.05, 4.69) is 291 Å². The first kappa shape index (κ1) is 65.3. The fraction of sp³-hybridized carbons (Fsp3) is 0.250. The van der Waals surface area contributed by atoms with Crippen LogP contribution >= 0.6 is 0 Å². The Morgan fingerprint density at radius 2 is 0.292 bits per heavy atom. The first-order chi connectivity index (χ1) is 47.7. The second kappa shape index (κ2) is 33.8. The summed E-state index contributed by atoms with van der Waals surface area (Å²) in [7, 11) is 0. The van der Waals surface area contributed by atoms with Gasteiger partial charge < -0.3 is 0 Å². The van der Waals surface area contributed by atoms with Crippen LogP contribution in [0.4, 0.5) is 0 Å². The molecule has 0 aliphatic heterocycles. The highest BCUT2D eigenvalue weighted by molar-refractivity contribution is 6.13. The largest absolute Gasteiger partial charge is 0.0885 e. The van der Waals surface area contributed by atoms with Crippen LogP contribution in [0.25, 0.3) is 136 Å². The highest BCUT2D eigenvalue weighted by Crippen LogP contribution is 2.46. The van der Waals surface area contributed by atoms with Gasteiger partial charge in [-0.2, -0.15) is 0 Å². The van der Waals surface area contributed by atoms with Crippen molar-refractivity contribution >= 4 is 68.8 Å². The SMILES string of the molecule is C1=C\CCCC/C=C\c2ccc3c(-c4ccccc4)c(ccc3c2-c2ccc(-c3c4ccc5c(-c6ccc(-c7c8ccc9c(-c%10ccccc%10)c(ccc79)/C=C\CCCC/C=C\CCCC/C=C\8)cc6)c(ccc35)/C=C\CCCC/C=C\CCCC/C=C\4)cc2)/C=C\CCCC/1. The van der Waals surface area contributed by atoms with E-state index in [-0.39, 0.29) is 0 Å². The van der Waals surface area contributed by atoms with Crippen LogP contribution in [0.1, 0.15) is 187 Å². The highest BCUT2D eigenvalue weighted by Gasteiger charge is 2.20. The Bertz CT molecular complexity index is 4230. The number of fused-ring (bicyclic) bond motifs is 8. The lowest BCUT2D eigenvalue weighted by atomic mass is 9.84. The third kappa shape index (κ3) is 16.1. The molecular weight excluding hydrogens is 1150 g/mol. The summed E-state index contributed by atoms with van der Waals surface area (Å²) >= 11 is 0. The molecule has 15 rings (SSSR count). The fourth-order valence-electron chi connectivity index (χ4n) is 15.0. The summed E-state index contributed by atoms with van der Waals surface area (Å²) < 4.78 is 0. The van der Waals surface area contributed by atoms with Crippen molar-refractivity contribution in [1.29, 1.82) is 0 Å². The molecule has 0 saturated heterocycles. The maximum atomic E-state index is 2.43. The molecular formula is C96H96. The van der Waals surface area contributed by atoms with E-state index in [1.807, 2.05) is 0 Å². The Hall–Kier alpha value is -9.36. The molecule has 5 aliphatic rings. The lowest BCUT2D eigenvalue weighted by Gasteiger charge is -2.19. The van der Waals surface area contributed by atoms with Gasteiger partial charge in [0.15, 0.2) is 0 Å². The van der Waals surface area contributed by atoms with E-state index in [0.717, 1.165) is 64.2 Å². The lowest BCUT2D eigenvalue weighted by Crippen LogP contribution is -1.94. The second-order valence-electron chi connectivity index (χ2n) is 26.9. The minimum Gasteiger partial charge on any atom is -0.0885 e. The molecule has 0 nitrogen and oxygen atoms in total. The molecule has 0 amide bonds. The van der Waals surface area contributed by atoms with Gasteiger partial charge in [-0.3, -0.25) is 0 Å². The van der Waals surface area contributed by atoms with Gasteiger partial charge in [-0.25, -0.2) is 0 Å². The van der Waals surface area contributed by atoms with Crippen LogP contribution in [0.5, 0.6) is 0 Å². The predicted molar refractivity (Wildman–Crippen MR) is 424 cm³/mol. The molecule has 5 aliphatic carbocycles. The van der Waals surface area contributed by atoms with Gasteiger partial charge >= 0.3 is 0 Å². The maximum absolute atomic E-state index is 2.43. The van der Waals surface area contributed by atoms with Gasteiger partial charge in [-0.1, -0.05) is 291 Å². The van der Waals surface area contributed by atoms with Crippen molar-refractivity contribution in [2.75, 3.05) is 0 Å². The van der Waals surface area contributed by atoms with Gasteiger partial charge in [0.05, 0.1) is 0 Å². The summed E-state index contributed by atoms with van der Waals surface area (Å²) in [5, 5.41) is 7.70. The molecule has 0 N–H and O–H groups in total. The van der Waals surface area contributed by atoms with Gasteiger partial charge in [-0.05, 0) is 287 Å². The molecule has 96 heavy (non-hydrogen) atoms. The summed E-state index contributed by atoms with van der Waals surface area (Å²) in [5.41, 5.74) is 22.8. The van der Waals surface area contributed by atoms with E-state index in [1.165, 1.54) is 222 Å². The van der Waals surface area contributed by atoms with Crippen LogP contribution in [0.2, 0.25) is 0 Å². The quantitative estimate of drug-likeness (QED) is 0.146. The molecule has 10 aromatic carbocycles. The first-order valence-corrected chi connectivity index (χ1v) is 36.8. The second-order valence-corrected chi connectivity index (χ2v) is 26.9. The molecule has 0 spiro atoms. The smallest absolute Gasteiger partial charge is 0.00327 e. The standard InChI is InChI=1S/C96H96/c1-3-9-15-21-27-35-49-77-63-67-85-87(69-61-75(47-33-25-19-13-7-1)91(85)73-43-39-31-40-44-73)93(77)81-53-57-83(58-54-81)95-79-51-37-29-23-17-11-5-6-12-18-24-30-38-52-80-66-71-89(95)90(72-65-79)96(80)84-59-55-82(56-60-84)94-78-50-36-28-22-16-10-4-2-8-14-20-26-34-48-76-62-70-88(94)86(68-64-78)92(76)74-45-41-32-42-46-74/h1-6,31-72H,7-30H2/b3-1-,4-2-,6-5-,47-33-,48-34-,49-35-,50-36-,51-37-,52-38-. The van der Waals surface area contributed by atoms with Crippen LogP contribution in [-0.4, -0.2) is 0 Å². The summed E-state index contributed by atoms with van der Waals surface area (Å²) in [4.78, 5) is 0. The van der Waals surface area contributed by atoms with Crippen LogP contribution in [0.15, 0.2) is 255 Å². The highest BCUT2D eigenvalue weighted by atomic mass is 14.2. The number of hydrogen-bond donors (Lipinski definition) is 0. The minimum absolute atomic E-state index is 1.06. The number of rotatable bonds is 6. The number of allylic oxidation sites excluding steroid dienone is 12. The van der Waals surface area contributed by atoms with E-state index in [4.69, 9.17) is 0 Å². The molecule has 0 atom stereocenters. The van der Waals surface area contributed by atoms with E-state index in [1.54, 1.807) is 0 Å². The molecule has 0 unspecified atom stereocenters. The Morgan fingerprint density at radius 1 is 0.135 bits per heavy atom. The van der Waals surface area contributed by atoms with Crippen LogP contribution in [0.3, 0.4) is 0 Å². The lowest BCUT2D eigenvalue weighted by molar-refractivity contribution is 0.746. The van der Waals surface area contributed by atoms with Crippen molar-refractivity contribution in [3.63, 3.8) is 0 Å². The third-order valence-electron chi connectivity index (χ3n) is 20.1. The van der Waals surface area contributed by atoms with E-state index in [0.29, 0.717) is 0 Å². The zero-order valence-electron chi connectivity index (χ0n) is 56.7.